The average Bonchev–Trinajstić information content (AvgIpc) is 2.66. The number of aryl methyl sites for hydroxylation is 1. The first-order chi connectivity index (χ1) is 12.9. The van der Waals surface area contributed by atoms with Crippen molar-refractivity contribution in [3.63, 3.8) is 0 Å². The highest BCUT2D eigenvalue weighted by Crippen LogP contribution is 2.06. The van der Waals surface area contributed by atoms with Crippen LogP contribution in [0, 0.1) is 6.92 Å². The van der Waals surface area contributed by atoms with Crippen molar-refractivity contribution in [2.75, 3.05) is 26.7 Å². The molecule has 2 rings (SSSR count). The van der Waals surface area contributed by atoms with Crippen molar-refractivity contribution in [3.05, 3.63) is 59.9 Å². The number of hydrogen-bond acceptors (Lipinski definition) is 4. The van der Waals surface area contributed by atoms with E-state index in [1.54, 1.807) is 6.07 Å². The average molecular weight is 390 g/mol. The highest BCUT2D eigenvalue weighted by Gasteiger charge is 2.13. The Hall–Kier alpha value is -2.45. The standard InChI is InChI=1S/C19H27N5O2S/c1-4-21-19(24(3)15-17-9-7-16(2)8-10-17)22-12-13-23-27(25,26)18-6-5-11-20-14-18/h5-11,14,23H,4,12-13,15H2,1-3H3,(H,21,22). The largest absolute Gasteiger partial charge is 0.357 e. The van der Waals surface area contributed by atoms with Gasteiger partial charge in [0.05, 0.1) is 6.54 Å². The summed E-state index contributed by atoms with van der Waals surface area (Å²) < 4.78 is 26.9. The molecule has 1 heterocycles. The minimum absolute atomic E-state index is 0.150. The van der Waals surface area contributed by atoms with E-state index >= 15 is 0 Å². The lowest BCUT2D eigenvalue weighted by atomic mass is 10.1. The van der Waals surface area contributed by atoms with E-state index in [1.807, 2.05) is 18.9 Å². The molecule has 0 aliphatic carbocycles. The summed E-state index contributed by atoms with van der Waals surface area (Å²) in [6.45, 7) is 6.06. The monoisotopic (exact) mass is 389 g/mol. The molecular weight excluding hydrogens is 362 g/mol. The maximum absolute atomic E-state index is 12.2. The van der Waals surface area contributed by atoms with Crippen LogP contribution in [0.1, 0.15) is 18.1 Å². The minimum atomic E-state index is -3.56. The summed E-state index contributed by atoms with van der Waals surface area (Å²) >= 11 is 0. The third-order valence-electron chi connectivity index (χ3n) is 3.85. The highest BCUT2D eigenvalue weighted by atomic mass is 32.2. The Morgan fingerprint density at radius 1 is 1.22 bits per heavy atom. The maximum Gasteiger partial charge on any atom is 0.242 e. The van der Waals surface area contributed by atoms with E-state index in [0.717, 1.165) is 12.5 Å². The maximum atomic E-state index is 12.2. The van der Waals surface area contributed by atoms with Crippen molar-refractivity contribution >= 4 is 16.0 Å². The molecule has 0 aliphatic rings. The zero-order valence-electron chi connectivity index (χ0n) is 16.0. The lowest BCUT2D eigenvalue weighted by molar-refractivity contribution is 0.477. The van der Waals surface area contributed by atoms with E-state index < -0.39 is 10.0 Å². The van der Waals surface area contributed by atoms with Crippen molar-refractivity contribution in [2.45, 2.75) is 25.3 Å². The number of guanidine groups is 1. The van der Waals surface area contributed by atoms with Crippen LogP contribution in [0.3, 0.4) is 0 Å². The molecule has 2 aromatic rings. The summed E-state index contributed by atoms with van der Waals surface area (Å²) in [4.78, 5) is 10.5. The second kappa shape index (κ2) is 10.0. The number of nitrogens with zero attached hydrogens (tertiary/aromatic N) is 3. The van der Waals surface area contributed by atoms with Crippen LogP contribution in [0.4, 0.5) is 0 Å². The topological polar surface area (TPSA) is 86.7 Å². The highest BCUT2D eigenvalue weighted by molar-refractivity contribution is 7.89. The lowest BCUT2D eigenvalue weighted by Crippen LogP contribution is -2.39. The lowest BCUT2D eigenvalue weighted by Gasteiger charge is -2.22. The fraction of sp³-hybridized carbons (Fsp3) is 0.368. The first-order valence-corrected chi connectivity index (χ1v) is 10.4. The number of nitrogens with one attached hydrogen (secondary N) is 2. The fourth-order valence-electron chi connectivity index (χ4n) is 2.44. The minimum Gasteiger partial charge on any atom is -0.357 e. The van der Waals surface area contributed by atoms with Crippen LogP contribution in [0.15, 0.2) is 58.7 Å². The molecule has 8 heteroatoms. The van der Waals surface area contributed by atoms with Crippen LogP contribution >= 0.6 is 0 Å². The summed E-state index contributed by atoms with van der Waals surface area (Å²) in [5, 5.41) is 3.23. The van der Waals surface area contributed by atoms with E-state index in [2.05, 4.69) is 51.2 Å². The summed E-state index contributed by atoms with van der Waals surface area (Å²) in [6, 6.07) is 11.5. The van der Waals surface area contributed by atoms with E-state index in [0.29, 0.717) is 13.1 Å². The molecule has 0 radical (unpaired) electrons. The number of aliphatic imine (C=N–C) groups is 1. The van der Waals surface area contributed by atoms with Crippen LogP contribution in [-0.4, -0.2) is 50.9 Å². The van der Waals surface area contributed by atoms with Gasteiger partial charge in [-0.2, -0.15) is 0 Å². The molecule has 0 amide bonds. The van der Waals surface area contributed by atoms with Gasteiger partial charge in [-0.3, -0.25) is 9.98 Å². The van der Waals surface area contributed by atoms with Gasteiger partial charge in [0.1, 0.15) is 4.90 Å². The number of aromatic nitrogens is 1. The molecule has 0 spiro atoms. The van der Waals surface area contributed by atoms with Crippen LogP contribution < -0.4 is 10.0 Å². The van der Waals surface area contributed by atoms with E-state index in [-0.39, 0.29) is 11.4 Å². The van der Waals surface area contributed by atoms with Crippen LogP contribution in [-0.2, 0) is 16.6 Å². The van der Waals surface area contributed by atoms with Gasteiger partial charge in [-0.1, -0.05) is 29.8 Å². The van der Waals surface area contributed by atoms with Crippen LogP contribution in [0.5, 0.6) is 0 Å². The Morgan fingerprint density at radius 3 is 2.59 bits per heavy atom. The van der Waals surface area contributed by atoms with Gasteiger partial charge >= 0.3 is 0 Å². The molecule has 0 atom stereocenters. The molecule has 1 aromatic heterocycles. The molecule has 1 aromatic carbocycles. The van der Waals surface area contributed by atoms with Gasteiger partial charge in [-0.05, 0) is 31.5 Å². The molecule has 27 heavy (non-hydrogen) atoms. The zero-order chi connectivity index (χ0) is 19.7. The molecule has 0 bridgehead atoms. The summed E-state index contributed by atoms with van der Waals surface area (Å²) in [7, 11) is -1.60. The quantitative estimate of drug-likeness (QED) is 0.408. The predicted octanol–water partition coefficient (Wildman–Crippen LogP) is 1.77. The third kappa shape index (κ3) is 6.65. The normalized spacial score (nSPS) is 12.0. The molecular formula is C19H27N5O2S. The number of pyridine rings is 1. The van der Waals surface area contributed by atoms with Crippen molar-refractivity contribution in [1.82, 2.24) is 19.9 Å². The first-order valence-electron chi connectivity index (χ1n) is 8.87. The molecule has 146 valence electrons. The first kappa shape index (κ1) is 20.9. The summed E-state index contributed by atoms with van der Waals surface area (Å²) in [5.41, 5.74) is 2.41. The molecule has 0 saturated heterocycles. The summed E-state index contributed by atoms with van der Waals surface area (Å²) in [5.74, 6) is 0.735. The van der Waals surface area contributed by atoms with Gasteiger partial charge < -0.3 is 10.2 Å². The van der Waals surface area contributed by atoms with E-state index in [4.69, 9.17) is 0 Å². The molecule has 0 saturated carbocycles. The fourth-order valence-corrected chi connectivity index (χ4v) is 3.43. The van der Waals surface area contributed by atoms with Crippen LogP contribution in [0.25, 0.3) is 0 Å². The van der Waals surface area contributed by atoms with Crippen LogP contribution in [0.2, 0.25) is 0 Å². The van der Waals surface area contributed by atoms with Gasteiger partial charge in [0.25, 0.3) is 0 Å². The Kier molecular flexibility index (Phi) is 7.75. The Labute approximate surface area is 161 Å². The van der Waals surface area contributed by atoms with Crippen molar-refractivity contribution in [2.24, 2.45) is 4.99 Å². The Morgan fingerprint density at radius 2 is 1.96 bits per heavy atom. The predicted molar refractivity (Wildman–Crippen MR) is 108 cm³/mol. The second-order valence-corrected chi connectivity index (χ2v) is 7.93. The van der Waals surface area contributed by atoms with Crippen molar-refractivity contribution < 1.29 is 8.42 Å². The molecule has 0 unspecified atom stereocenters. The SMILES string of the molecule is CCNC(=NCCNS(=O)(=O)c1cccnc1)N(C)Cc1ccc(C)cc1. The molecule has 2 N–H and O–H groups in total. The van der Waals surface area contributed by atoms with Gasteiger partial charge in [0.15, 0.2) is 5.96 Å². The Bertz CT molecular complexity index is 836. The number of sulfonamides is 1. The smallest absolute Gasteiger partial charge is 0.242 e. The number of rotatable bonds is 8. The van der Waals surface area contributed by atoms with E-state index in [1.165, 1.54) is 29.6 Å². The summed E-state index contributed by atoms with van der Waals surface area (Å²) in [6.07, 6.45) is 2.86. The molecule has 0 aliphatic heterocycles. The van der Waals surface area contributed by atoms with E-state index in [9.17, 15) is 8.42 Å². The third-order valence-corrected chi connectivity index (χ3v) is 5.29. The number of benzene rings is 1. The van der Waals surface area contributed by atoms with Gasteiger partial charge in [0.2, 0.25) is 10.0 Å². The number of hydrogen-bond donors (Lipinski definition) is 2. The second-order valence-electron chi connectivity index (χ2n) is 6.16. The Balaban J connectivity index is 1.93. The zero-order valence-corrected chi connectivity index (χ0v) is 16.8. The van der Waals surface area contributed by atoms with Gasteiger partial charge in [0, 0.05) is 39.1 Å². The van der Waals surface area contributed by atoms with Crippen molar-refractivity contribution in [1.29, 1.82) is 0 Å². The van der Waals surface area contributed by atoms with Gasteiger partial charge in [-0.25, -0.2) is 13.1 Å². The van der Waals surface area contributed by atoms with Crippen molar-refractivity contribution in [3.8, 4) is 0 Å². The molecule has 0 fully saturated rings. The van der Waals surface area contributed by atoms with Gasteiger partial charge in [-0.15, -0.1) is 0 Å². The molecule has 7 nitrogen and oxygen atoms in total.